The van der Waals surface area contributed by atoms with E-state index in [4.69, 9.17) is 9.26 Å². The Kier molecular flexibility index (Phi) is 3.98. The fourth-order valence-electron chi connectivity index (χ4n) is 2.23. The van der Waals surface area contributed by atoms with Gasteiger partial charge >= 0.3 is 0 Å². The van der Waals surface area contributed by atoms with E-state index in [1.54, 1.807) is 0 Å². The van der Waals surface area contributed by atoms with Gasteiger partial charge in [0.15, 0.2) is 0 Å². The molecule has 0 saturated carbocycles. The number of hydrogen-bond acceptors (Lipinski definition) is 5. The summed E-state index contributed by atoms with van der Waals surface area (Å²) in [5.41, 5.74) is 1.76. The van der Waals surface area contributed by atoms with Crippen molar-refractivity contribution in [3.8, 4) is 0 Å². The van der Waals surface area contributed by atoms with Crippen LogP contribution in [0.4, 0.5) is 0 Å². The monoisotopic (exact) mass is 253 g/mol. The van der Waals surface area contributed by atoms with Crippen molar-refractivity contribution in [2.24, 2.45) is 0 Å². The summed E-state index contributed by atoms with van der Waals surface area (Å²) in [7, 11) is 0. The maximum atomic E-state index is 12.0. The number of rotatable bonds is 3. The van der Waals surface area contributed by atoms with Gasteiger partial charge in [-0.05, 0) is 20.8 Å². The summed E-state index contributed by atoms with van der Waals surface area (Å²) in [5.74, 6) is 0.690. The van der Waals surface area contributed by atoms with Gasteiger partial charge in [-0.3, -0.25) is 4.79 Å². The average molecular weight is 253 g/mol. The number of morpholine rings is 1. The van der Waals surface area contributed by atoms with Crippen molar-refractivity contribution in [2.75, 3.05) is 19.8 Å². The maximum absolute atomic E-state index is 12.0. The van der Waals surface area contributed by atoms with Crippen molar-refractivity contribution < 1.29 is 14.1 Å². The third-order valence-electron chi connectivity index (χ3n) is 3.12. The van der Waals surface area contributed by atoms with Crippen molar-refractivity contribution >= 4 is 5.91 Å². The van der Waals surface area contributed by atoms with E-state index in [0.29, 0.717) is 19.8 Å². The number of carbonyl (C=O) groups excluding carboxylic acids is 1. The van der Waals surface area contributed by atoms with Crippen LogP contribution in [0.15, 0.2) is 4.52 Å². The van der Waals surface area contributed by atoms with Gasteiger partial charge in [-0.25, -0.2) is 0 Å². The summed E-state index contributed by atoms with van der Waals surface area (Å²) in [5, 5.41) is 9.97. The summed E-state index contributed by atoms with van der Waals surface area (Å²) < 4.78 is 10.4. The molecule has 0 bridgehead atoms. The molecule has 1 aliphatic heterocycles. The molecule has 100 valence electrons. The van der Waals surface area contributed by atoms with E-state index in [2.05, 4.69) is 15.8 Å². The summed E-state index contributed by atoms with van der Waals surface area (Å²) in [6.07, 6.45) is 0. The second-order valence-electron chi connectivity index (χ2n) is 4.55. The van der Waals surface area contributed by atoms with Gasteiger partial charge in [-0.1, -0.05) is 5.16 Å². The Balaban J connectivity index is 1.98. The molecule has 0 spiro atoms. The van der Waals surface area contributed by atoms with Crippen LogP contribution >= 0.6 is 0 Å². The Labute approximate surface area is 106 Å². The van der Waals surface area contributed by atoms with Gasteiger partial charge in [-0.2, -0.15) is 0 Å². The minimum absolute atomic E-state index is 0.0535. The van der Waals surface area contributed by atoms with E-state index >= 15 is 0 Å². The largest absolute Gasteiger partial charge is 0.378 e. The molecule has 2 N–H and O–H groups in total. The van der Waals surface area contributed by atoms with Crippen LogP contribution < -0.4 is 10.6 Å². The number of ether oxygens (including phenoxy) is 1. The highest BCUT2D eigenvalue weighted by Crippen LogP contribution is 2.20. The normalized spacial score (nSPS) is 21.6. The first-order valence-electron chi connectivity index (χ1n) is 6.14. The molecule has 0 aliphatic carbocycles. The molecular weight excluding hydrogens is 234 g/mol. The van der Waals surface area contributed by atoms with Crippen LogP contribution in [0.1, 0.15) is 30.0 Å². The van der Waals surface area contributed by atoms with Crippen molar-refractivity contribution in [1.29, 1.82) is 0 Å². The number of aryl methyl sites for hydroxylation is 2. The quantitative estimate of drug-likeness (QED) is 0.818. The molecule has 0 radical (unpaired) electrons. The predicted octanol–water partition coefficient (Wildman–Crippen LogP) is 0.457. The Hall–Kier alpha value is -1.40. The Bertz CT molecular complexity index is 405. The first kappa shape index (κ1) is 13.0. The molecule has 1 aromatic rings. The smallest absolute Gasteiger partial charge is 0.240 e. The molecule has 1 aromatic heterocycles. The van der Waals surface area contributed by atoms with E-state index < -0.39 is 0 Å². The van der Waals surface area contributed by atoms with Gasteiger partial charge in [0.05, 0.1) is 24.9 Å². The molecule has 1 aliphatic rings. The van der Waals surface area contributed by atoms with Gasteiger partial charge in [-0.15, -0.1) is 0 Å². The molecule has 0 aromatic carbocycles. The zero-order chi connectivity index (χ0) is 13.1. The number of nitrogens with one attached hydrogen (secondary N) is 2. The first-order valence-corrected chi connectivity index (χ1v) is 6.14. The van der Waals surface area contributed by atoms with E-state index in [1.165, 1.54) is 0 Å². The molecule has 1 fully saturated rings. The lowest BCUT2D eigenvalue weighted by Crippen LogP contribution is -2.51. The standard InChI is InChI=1S/C12H19N3O3/c1-7(11-8(2)15-18-9(11)3)14-12(16)10-6-17-5-4-13-10/h7,10,13H,4-6H2,1-3H3,(H,14,16). The van der Waals surface area contributed by atoms with Crippen LogP contribution in [-0.4, -0.2) is 36.9 Å². The topological polar surface area (TPSA) is 76.4 Å². The molecule has 1 amide bonds. The highest BCUT2D eigenvalue weighted by molar-refractivity contribution is 5.82. The van der Waals surface area contributed by atoms with Crippen LogP contribution in [-0.2, 0) is 9.53 Å². The molecular formula is C12H19N3O3. The SMILES string of the molecule is Cc1noc(C)c1C(C)NC(=O)C1COCCN1. The summed E-state index contributed by atoms with van der Waals surface area (Å²) >= 11 is 0. The maximum Gasteiger partial charge on any atom is 0.240 e. The second-order valence-corrected chi connectivity index (χ2v) is 4.55. The van der Waals surface area contributed by atoms with Crippen molar-refractivity contribution in [1.82, 2.24) is 15.8 Å². The van der Waals surface area contributed by atoms with Crippen molar-refractivity contribution in [3.63, 3.8) is 0 Å². The van der Waals surface area contributed by atoms with E-state index in [0.717, 1.165) is 17.0 Å². The van der Waals surface area contributed by atoms with Crippen LogP contribution in [0.5, 0.6) is 0 Å². The minimum Gasteiger partial charge on any atom is -0.378 e. The van der Waals surface area contributed by atoms with Gasteiger partial charge < -0.3 is 19.9 Å². The molecule has 18 heavy (non-hydrogen) atoms. The highest BCUT2D eigenvalue weighted by Gasteiger charge is 2.24. The number of amides is 1. The third-order valence-corrected chi connectivity index (χ3v) is 3.12. The summed E-state index contributed by atoms with van der Waals surface area (Å²) in [6.45, 7) is 7.42. The van der Waals surface area contributed by atoms with Crippen LogP contribution in [0.25, 0.3) is 0 Å². The average Bonchev–Trinajstić information content (AvgIpc) is 2.70. The molecule has 2 heterocycles. The number of aromatic nitrogens is 1. The number of carbonyl (C=O) groups is 1. The van der Waals surface area contributed by atoms with Crippen LogP contribution in [0, 0.1) is 13.8 Å². The van der Waals surface area contributed by atoms with Crippen molar-refractivity contribution in [3.05, 3.63) is 17.0 Å². The Morgan fingerprint density at radius 1 is 1.56 bits per heavy atom. The lowest BCUT2D eigenvalue weighted by atomic mass is 10.1. The fourth-order valence-corrected chi connectivity index (χ4v) is 2.23. The zero-order valence-corrected chi connectivity index (χ0v) is 10.9. The highest BCUT2D eigenvalue weighted by atomic mass is 16.5. The summed E-state index contributed by atoms with van der Waals surface area (Å²) in [6, 6.07) is -0.394. The summed E-state index contributed by atoms with van der Waals surface area (Å²) in [4.78, 5) is 12.0. The van der Waals surface area contributed by atoms with Crippen LogP contribution in [0.2, 0.25) is 0 Å². The first-order chi connectivity index (χ1) is 8.59. The van der Waals surface area contributed by atoms with E-state index in [9.17, 15) is 4.79 Å². The van der Waals surface area contributed by atoms with Crippen LogP contribution in [0.3, 0.4) is 0 Å². The van der Waals surface area contributed by atoms with Gasteiger partial charge in [0, 0.05) is 12.1 Å². The number of nitrogens with zero attached hydrogens (tertiary/aromatic N) is 1. The number of hydrogen-bond donors (Lipinski definition) is 2. The molecule has 6 nitrogen and oxygen atoms in total. The molecule has 1 saturated heterocycles. The second kappa shape index (κ2) is 5.49. The zero-order valence-electron chi connectivity index (χ0n) is 10.9. The van der Waals surface area contributed by atoms with E-state index in [1.807, 2.05) is 20.8 Å². The predicted molar refractivity (Wildman–Crippen MR) is 65.1 cm³/mol. The minimum atomic E-state index is -0.276. The van der Waals surface area contributed by atoms with E-state index in [-0.39, 0.29) is 18.0 Å². The molecule has 2 unspecified atom stereocenters. The molecule has 2 atom stereocenters. The molecule has 2 rings (SSSR count). The third kappa shape index (κ3) is 2.70. The van der Waals surface area contributed by atoms with Gasteiger partial charge in [0.1, 0.15) is 11.8 Å². The van der Waals surface area contributed by atoms with Gasteiger partial charge in [0.25, 0.3) is 0 Å². The fraction of sp³-hybridized carbons (Fsp3) is 0.667. The molecule has 6 heteroatoms. The Morgan fingerprint density at radius 2 is 2.33 bits per heavy atom. The van der Waals surface area contributed by atoms with Crippen molar-refractivity contribution in [2.45, 2.75) is 32.9 Å². The lowest BCUT2D eigenvalue weighted by Gasteiger charge is -2.24. The Morgan fingerprint density at radius 3 is 2.89 bits per heavy atom. The van der Waals surface area contributed by atoms with Gasteiger partial charge in [0.2, 0.25) is 5.91 Å². The lowest BCUT2D eigenvalue weighted by molar-refractivity contribution is -0.126.